The maximum absolute atomic E-state index is 13.3. The smallest absolute Gasteiger partial charge is 0.244 e. The van der Waals surface area contributed by atoms with E-state index in [9.17, 15) is 9.59 Å². The van der Waals surface area contributed by atoms with Crippen molar-refractivity contribution in [2.45, 2.75) is 31.7 Å². The number of hydrogen-bond acceptors (Lipinski definition) is 4. The molecule has 6 heteroatoms. The number of likely N-dealkylation sites (tertiary alicyclic amines) is 2. The first kappa shape index (κ1) is 19.4. The molecule has 0 aromatic heterocycles. The molecule has 0 aliphatic carbocycles. The Balaban J connectivity index is 1.43. The second-order valence-corrected chi connectivity index (χ2v) is 8.09. The van der Waals surface area contributed by atoms with E-state index in [1.807, 2.05) is 28.0 Å². The van der Waals surface area contributed by atoms with E-state index in [0.717, 1.165) is 57.4 Å². The third-order valence-electron chi connectivity index (χ3n) is 6.33. The van der Waals surface area contributed by atoms with Crippen molar-refractivity contribution in [3.05, 3.63) is 35.9 Å². The molecule has 3 fully saturated rings. The Bertz CT molecular complexity index is 661. The summed E-state index contributed by atoms with van der Waals surface area (Å²) in [5.41, 5.74) is 1.07. The first-order valence-electron chi connectivity index (χ1n) is 10.7. The van der Waals surface area contributed by atoms with Gasteiger partial charge in [-0.1, -0.05) is 30.3 Å². The van der Waals surface area contributed by atoms with Crippen molar-refractivity contribution in [2.24, 2.45) is 5.92 Å². The Morgan fingerprint density at radius 2 is 1.50 bits per heavy atom. The SMILES string of the molecule is O=C(C1CCN(C(C(=O)N2CCCC2)c2ccccc2)CC1)N1CCOCC1. The van der Waals surface area contributed by atoms with Gasteiger partial charge in [0.1, 0.15) is 6.04 Å². The molecule has 1 unspecified atom stereocenters. The summed E-state index contributed by atoms with van der Waals surface area (Å²) in [7, 11) is 0. The van der Waals surface area contributed by atoms with Gasteiger partial charge >= 0.3 is 0 Å². The number of nitrogens with zero attached hydrogens (tertiary/aromatic N) is 3. The van der Waals surface area contributed by atoms with Crippen LogP contribution in [0.15, 0.2) is 30.3 Å². The van der Waals surface area contributed by atoms with Gasteiger partial charge in [-0.05, 0) is 44.3 Å². The molecular formula is C22H31N3O3. The quantitative estimate of drug-likeness (QED) is 0.795. The molecule has 152 valence electrons. The van der Waals surface area contributed by atoms with E-state index in [0.29, 0.717) is 26.3 Å². The van der Waals surface area contributed by atoms with E-state index in [-0.39, 0.29) is 23.8 Å². The fourth-order valence-electron chi connectivity index (χ4n) is 4.70. The highest BCUT2D eigenvalue weighted by molar-refractivity contribution is 5.84. The van der Waals surface area contributed by atoms with Crippen molar-refractivity contribution in [2.75, 3.05) is 52.5 Å². The Labute approximate surface area is 167 Å². The predicted molar refractivity (Wildman–Crippen MR) is 107 cm³/mol. The highest BCUT2D eigenvalue weighted by Gasteiger charge is 2.36. The van der Waals surface area contributed by atoms with Crippen LogP contribution < -0.4 is 0 Å². The van der Waals surface area contributed by atoms with Crippen molar-refractivity contribution >= 4 is 11.8 Å². The van der Waals surface area contributed by atoms with E-state index < -0.39 is 0 Å². The summed E-state index contributed by atoms with van der Waals surface area (Å²) in [6, 6.07) is 9.91. The number of hydrogen-bond donors (Lipinski definition) is 0. The fourth-order valence-corrected chi connectivity index (χ4v) is 4.70. The van der Waals surface area contributed by atoms with Gasteiger partial charge in [-0.3, -0.25) is 14.5 Å². The predicted octanol–water partition coefficient (Wildman–Crippen LogP) is 1.92. The number of rotatable bonds is 4. The molecule has 28 heavy (non-hydrogen) atoms. The van der Waals surface area contributed by atoms with Gasteiger partial charge in [-0.15, -0.1) is 0 Å². The molecule has 6 nitrogen and oxygen atoms in total. The molecule has 3 heterocycles. The van der Waals surface area contributed by atoms with E-state index in [1.165, 1.54) is 0 Å². The largest absolute Gasteiger partial charge is 0.378 e. The van der Waals surface area contributed by atoms with Crippen LogP contribution >= 0.6 is 0 Å². The van der Waals surface area contributed by atoms with Gasteiger partial charge in [-0.2, -0.15) is 0 Å². The van der Waals surface area contributed by atoms with E-state index in [1.54, 1.807) is 0 Å². The van der Waals surface area contributed by atoms with E-state index in [4.69, 9.17) is 4.74 Å². The number of piperidine rings is 1. The van der Waals surface area contributed by atoms with Crippen molar-refractivity contribution in [1.29, 1.82) is 0 Å². The Morgan fingerprint density at radius 3 is 2.14 bits per heavy atom. The minimum atomic E-state index is -0.223. The normalized spacial score (nSPS) is 23.0. The maximum Gasteiger partial charge on any atom is 0.244 e. The molecular weight excluding hydrogens is 354 g/mol. The molecule has 4 rings (SSSR count). The highest BCUT2D eigenvalue weighted by atomic mass is 16.5. The number of benzene rings is 1. The number of ether oxygens (including phenoxy) is 1. The minimum Gasteiger partial charge on any atom is -0.378 e. The molecule has 0 saturated carbocycles. The van der Waals surface area contributed by atoms with Crippen molar-refractivity contribution in [3.63, 3.8) is 0 Å². The Kier molecular flexibility index (Phi) is 6.27. The van der Waals surface area contributed by atoms with Crippen LogP contribution in [0.1, 0.15) is 37.3 Å². The minimum absolute atomic E-state index is 0.0765. The summed E-state index contributed by atoms with van der Waals surface area (Å²) >= 11 is 0. The zero-order valence-electron chi connectivity index (χ0n) is 16.6. The Morgan fingerprint density at radius 1 is 0.857 bits per heavy atom. The molecule has 0 spiro atoms. The number of carbonyl (C=O) groups is 2. The average molecular weight is 386 g/mol. The molecule has 0 bridgehead atoms. The van der Waals surface area contributed by atoms with Crippen LogP contribution in [0.25, 0.3) is 0 Å². The van der Waals surface area contributed by atoms with Gasteiger partial charge in [0, 0.05) is 32.1 Å². The summed E-state index contributed by atoms with van der Waals surface area (Å²) in [5.74, 6) is 0.569. The standard InChI is InChI=1S/C22H31N3O3/c26-21(25-14-16-28-17-15-25)19-8-12-23(13-9-19)20(18-6-2-1-3-7-18)22(27)24-10-4-5-11-24/h1-3,6-7,19-20H,4-5,8-17H2. The topological polar surface area (TPSA) is 53.1 Å². The maximum atomic E-state index is 13.3. The zero-order valence-corrected chi connectivity index (χ0v) is 16.6. The molecule has 1 aromatic carbocycles. The van der Waals surface area contributed by atoms with Crippen molar-refractivity contribution < 1.29 is 14.3 Å². The van der Waals surface area contributed by atoms with Crippen LogP contribution in [-0.4, -0.2) is 79.0 Å². The molecule has 0 radical (unpaired) electrons. The van der Waals surface area contributed by atoms with Crippen LogP contribution in [0, 0.1) is 5.92 Å². The lowest BCUT2D eigenvalue weighted by molar-refractivity contribution is -0.142. The lowest BCUT2D eigenvalue weighted by Crippen LogP contribution is -2.49. The van der Waals surface area contributed by atoms with E-state index in [2.05, 4.69) is 17.0 Å². The van der Waals surface area contributed by atoms with Crippen LogP contribution in [-0.2, 0) is 14.3 Å². The third-order valence-corrected chi connectivity index (χ3v) is 6.33. The lowest BCUT2D eigenvalue weighted by Gasteiger charge is -2.39. The molecule has 1 atom stereocenters. The zero-order chi connectivity index (χ0) is 19.3. The molecule has 1 aromatic rings. The second kappa shape index (κ2) is 9.05. The summed E-state index contributed by atoms with van der Waals surface area (Å²) < 4.78 is 5.37. The highest BCUT2D eigenvalue weighted by Crippen LogP contribution is 2.30. The summed E-state index contributed by atoms with van der Waals surface area (Å²) in [6.45, 7) is 6.02. The molecule has 3 saturated heterocycles. The van der Waals surface area contributed by atoms with Gasteiger partial charge in [0.25, 0.3) is 0 Å². The first-order valence-corrected chi connectivity index (χ1v) is 10.7. The molecule has 0 N–H and O–H groups in total. The van der Waals surface area contributed by atoms with Crippen LogP contribution in [0.4, 0.5) is 0 Å². The van der Waals surface area contributed by atoms with Gasteiger partial charge in [-0.25, -0.2) is 0 Å². The van der Waals surface area contributed by atoms with Crippen molar-refractivity contribution in [1.82, 2.24) is 14.7 Å². The summed E-state index contributed by atoms with van der Waals surface area (Å²) in [4.78, 5) is 32.4. The van der Waals surface area contributed by atoms with Gasteiger partial charge in [0.15, 0.2) is 0 Å². The first-order chi connectivity index (χ1) is 13.7. The molecule has 3 aliphatic rings. The lowest BCUT2D eigenvalue weighted by atomic mass is 9.92. The van der Waals surface area contributed by atoms with Crippen LogP contribution in [0.2, 0.25) is 0 Å². The average Bonchev–Trinajstić information content (AvgIpc) is 3.30. The molecule has 3 aliphatic heterocycles. The number of morpholine rings is 1. The van der Waals surface area contributed by atoms with Crippen LogP contribution in [0.5, 0.6) is 0 Å². The van der Waals surface area contributed by atoms with Gasteiger partial charge in [0.2, 0.25) is 11.8 Å². The summed E-state index contributed by atoms with van der Waals surface area (Å²) in [5, 5.41) is 0. The van der Waals surface area contributed by atoms with E-state index >= 15 is 0 Å². The molecule has 2 amide bonds. The Hall–Kier alpha value is -1.92. The second-order valence-electron chi connectivity index (χ2n) is 8.09. The van der Waals surface area contributed by atoms with Crippen LogP contribution in [0.3, 0.4) is 0 Å². The van der Waals surface area contributed by atoms with Crippen molar-refractivity contribution in [3.8, 4) is 0 Å². The van der Waals surface area contributed by atoms with Gasteiger partial charge < -0.3 is 14.5 Å². The number of carbonyl (C=O) groups excluding carboxylic acids is 2. The third kappa shape index (κ3) is 4.23. The van der Waals surface area contributed by atoms with Gasteiger partial charge in [0.05, 0.1) is 13.2 Å². The fraction of sp³-hybridized carbons (Fsp3) is 0.636. The summed E-state index contributed by atoms with van der Waals surface area (Å²) in [6.07, 6.45) is 3.85. The monoisotopic (exact) mass is 385 g/mol. The number of amides is 2.